The summed E-state index contributed by atoms with van der Waals surface area (Å²) in [6, 6.07) is 15.6. The van der Waals surface area contributed by atoms with Crippen molar-refractivity contribution in [2.24, 2.45) is 0 Å². The third kappa shape index (κ3) is 3.99. The van der Waals surface area contributed by atoms with Gasteiger partial charge in [0, 0.05) is 30.0 Å². The van der Waals surface area contributed by atoms with Crippen LogP contribution in [0.25, 0.3) is 6.08 Å². The number of hydrogen-bond donors (Lipinski definition) is 0. The molecule has 0 saturated carbocycles. The van der Waals surface area contributed by atoms with Gasteiger partial charge in [0.05, 0.1) is 14.2 Å². The summed E-state index contributed by atoms with van der Waals surface area (Å²) in [6.45, 7) is 0.725. The molecule has 1 amide bonds. The summed E-state index contributed by atoms with van der Waals surface area (Å²) in [4.78, 5) is 14.6. The number of carbonyl (C=O) groups is 1. The molecule has 1 aliphatic rings. The summed E-state index contributed by atoms with van der Waals surface area (Å²) in [5.41, 5.74) is 2.01. The van der Waals surface area contributed by atoms with Gasteiger partial charge in [-0.2, -0.15) is 0 Å². The smallest absolute Gasteiger partial charge is 0.247 e. The van der Waals surface area contributed by atoms with Crippen molar-refractivity contribution in [1.29, 1.82) is 0 Å². The molecule has 25 heavy (non-hydrogen) atoms. The second kappa shape index (κ2) is 8.12. The molecule has 3 rings (SSSR count). The Labute approximate surface area is 152 Å². The van der Waals surface area contributed by atoms with Crippen molar-refractivity contribution >= 4 is 23.7 Å². The van der Waals surface area contributed by atoms with Gasteiger partial charge < -0.3 is 14.4 Å². The quantitative estimate of drug-likeness (QED) is 0.760. The van der Waals surface area contributed by atoms with Crippen LogP contribution in [0.4, 0.5) is 0 Å². The monoisotopic (exact) mass is 355 g/mol. The van der Waals surface area contributed by atoms with Crippen molar-refractivity contribution in [2.45, 2.75) is 5.37 Å². The molecule has 0 N–H and O–H groups in total. The van der Waals surface area contributed by atoms with Gasteiger partial charge in [-0.25, -0.2) is 0 Å². The predicted molar refractivity (Wildman–Crippen MR) is 102 cm³/mol. The number of methoxy groups -OCH3 is 2. The highest BCUT2D eigenvalue weighted by Crippen LogP contribution is 2.43. The van der Waals surface area contributed by atoms with Crippen LogP contribution in [0.2, 0.25) is 0 Å². The first-order chi connectivity index (χ1) is 12.2. The Kier molecular flexibility index (Phi) is 5.66. The van der Waals surface area contributed by atoms with Crippen LogP contribution < -0.4 is 9.47 Å². The lowest BCUT2D eigenvalue weighted by atomic mass is 10.1. The maximum absolute atomic E-state index is 12.7. The molecular weight excluding hydrogens is 334 g/mol. The predicted octanol–water partition coefficient (Wildman–Crippen LogP) is 3.99. The maximum atomic E-state index is 12.7. The first-order valence-corrected chi connectivity index (χ1v) is 9.15. The van der Waals surface area contributed by atoms with Gasteiger partial charge in [0.1, 0.15) is 16.9 Å². The topological polar surface area (TPSA) is 38.8 Å². The first-order valence-electron chi connectivity index (χ1n) is 8.10. The zero-order chi connectivity index (χ0) is 17.6. The summed E-state index contributed by atoms with van der Waals surface area (Å²) in [7, 11) is 3.27. The van der Waals surface area contributed by atoms with Gasteiger partial charge in [-0.3, -0.25) is 4.79 Å². The van der Waals surface area contributed by atoms with E-state index in [-0.39, 0.29) is 11.3 Å². The molecule has 1 saturated heterocycles. The molecule has 2 aromatic carbocycles. The van der Waals surface area contributed by atoms with Crippen LogP contribution >= 0.6 is 11.8 Å². The normalized spacial score (nSPS) is 17.0. The number of rotatable bonds is 5. The van der Waals surface area contributed by atoms with E-state index < -0.39 is 0 Å². The third-order valence-electron chi connectivity index (χ3n) is 4.10. The fourth-order valence-corrected chi connectivity index (χ4v) is 4.09. The van der Waals surface area contributed by atoms with E-state index in [0.717, 1.165) is 34.9 Å². The summed E-state index contributed by atoms with van der Waals surface area (Å²) >= 11 is 1.75. The minimum Gasteiger partial charge on any atom is -0.497 e. The molecule has 1 atom stereocenters. The maximum Gasteiger partial charge on any atom is 0.247 e. The van der Waals surface area contributed by atoms with E-state index in [4.69, 9.17) is 9.47 Å². The van der Waals surface area contributed by atoms with Crippen molar-refractivity contribution < 1.29 is 14.3 Å². The van der Waals surface area contributed by atoms with Crippen LogP contribution in [-0.4, -0.2) is 37.3 Å². The SMILES string of the molecule is COc1ccc([C@@H]2SCCN2C(=O)/C=C/c2ccccc2)c(OC)c1. The van der Waals surface area contributed by atoms with E-state index >= 15 is 0 Å². The van der Waals surface area contributed by atoms with Crippen molar-refractivity contribution in [2.75, 3.05) is 26.5 Å². The Morgan fingerprint density at radius 2 is 1.96 bits per heavy atom. The molecule has 0 aromatic heterocycles. The molecule has 2 aromatic rings. The zero-order valence-electron chi connectivity index (χ0n) is 14.3. The Balaban J connectivity index is 1.81. The van der Waals surface area contributed by atoms with Gasteiger partial charge >= 0.3 is 0 Å². The average molecular weight is 355 g/mol. The first kappa shape index (κ1) is 17.4. The molecule has 0 unspecified atom stereocenters. The molecule has 0 radical (unpaired) electrons. The van der Waals surface area contributed by atoms with Crippen LogP contribution in [0.1, 0.15) is 16.5 Å². The highest BCUT2D eigenvalue weighted by Gasteiger charge is 2.31. The lowest BCUT2D eigenvalue weighted by molar-refractivity contribution is -0.126. The Morgan fingerprint density at radius 3 is 2.68 bits per heavy atom. The van der Waals surface area contributed by atoms with Crippen LogP contribution in [0, 0.1) is 0 Å². The highest BCUT2D eigenvalue weighted by atomic mass is 32.2. The second-order valence-corrected chi connectivity index (χ2v) is 6.79. The molecule has 4 nitrogen and oxygen atoms in total. The van der Waals surface area contributed by atoms with Crippen molar-refractivity contribution in [3.8, 4) is 11.5 Å². The van der Waals surface area contributed by atoms with Crippen LogP contribution in [0.15, 0.2) is 54.6 Å². The highest BCUT2D eigenvalue weighted by molar-refractivity contribution is 7.99. The van der Waals surface area contributed by atoms with Crippen LogP contribution in [0.3, 0.4) is 0 Å². The second-order valence-electron chi connectivity index (χ2n) is 5.61. The average Bonchev–Trinajstić information content (AvgIpc) is 3.16. The minimum atomic E-state index is -0.0474. The Morgan fingerprint density at radius 1 is 1.16 bits per heavy atom. The zero-order valence-corrected chi connectivity index (χ0v) is 15.2. The van der Waals surface area contributed by atoms with E-state index in [0.29, 0.717) is 0 Å². The van der Waals surface area contributed by atoms with E-state index in [9.17, 15) is 4.79 Å². The lowest BCUT2D eigenvalue weighted by Crippen LogP contribution is -2.28. The van der Waals surface area contributed by atoms with Crippen LogP contribution in [-0.2, 0) is 4.79 Å². The molecule has 0 spiro atoms. The van der Waals surface area contributed by atoms with Gasteiger partial charge in [-0.05, 0) is 23.8 Å². The molecule has 130 valence electrons. The number of ether oxygens (including phenoxy) is 2. The molecule has 1 fully saturated rings. The molecule has 0 aliphatic carbocycles. The van der Waals surface area contributed by atoms with Gasteiger partial charge in [-0.1, -0.05) is 30.3 Å². The number of nitrogens with zero attached hydrogens (tertiary/aromatic N) is 1. The van der Waals surface area contributed by atoms with Crippen molar-refractivity contribution in [3.63, 3.8) is 0 Å². The summed E-state index contributed by atoms with van der Waals surface area (Å²) in [6.07, 6.45) is 3.50. The van der Waals surface area contributed by atoms with E-state index in [1.165, 1.54) is 0 Å². The van der Waals surface area contributed by atoms with Gasteiger partial charge in [0.25, 0.3) is 0 Å². The largest absolute Gasteiger partial charge is 0.497 e. The number of benzene rings is 2. The van der Waals surface area contributed by atoms with Gasteiger partial charge in [0.15, 0.2) is 0 Å². The fourth-order valence-electron chi connectivity index (χ4n) is 2.80. The van der Waals surface area contributed by atoms with Crippen LogP contribution in [0.5, 0.6) is 11.5 Å². The summed E-state index contributed by atoms with van der Waals surface area (Å²) < 4.78 is 10.8. The number of thioether (sulfide) groups is 1. The summed E-state index contributed by atoms with van der Waals surface area (Å²) in [5.74, 6) is 2.40. The molecule has 5 heteroatoms. The standard InChI is InChI=1S/C20H21NO3S/c1-23-16-9-10-17(18(14-16)24-2)20-21(12-13-25-20)19(22)11-8-15-6-4-3-5-7-15/h3-11,14,20H,12-13H2,1-2H3/b11-8+/t20-/m0/s1. The molecular formula is C20H21NO3S. The molecule has 1 aliphatic heterocycles. The number of hydrogen-bond acceptors (Lipinski definition) is 4. The van der Waals surface area contributed by atoms with Crippen molar-refractivity contribution in [1.82, 2.24) is 4.90 Å². The van der Waals surface area contributed by atoms with Gasteiger partial charge in [0.2, 0.25) is 5.91 Å². The summed E-state index contributed by atoms with van der Waals surface area (Å²) in [5, 5.41) is -0.0474. The van der Waals surface area contributed by atoms with E-state index in [2.05, 4.69) is 0 Å². The molecule has 1 heterocycles. The fraction of sp³-hybridized carbons (Fsp3) is 0.250. The number of carbonyl (C=O) groups excluding carboxylic acids is 1. The Bertz CT molecular complexity index is 761. The van der Waals surface area contributed by atoms with Gasteiger partial charge in [-0.15, -0.1) is 11.8 Å². The lowest BCUT2D eigenvalue weighted by Gasteiger charge is -2.24. The van der Waals surface area contributed by atoms with E-state index in [1.807, 2.05) is 59.5 Å². The Hall–Kier alpha value is -2.40. The number of amides is 1. The van der Waals surface area contributed by atoms with E-state index in [1.54, 1.807) is 32.1 Å². The minimum absolute atomic E-state index is 0.0109. The molecule has 0 bridgehead atoms. The third-order valence-corrected chi connectivity index (χ3v) is 5.34. The van der Waals surface area contributed by atoms with Crippen molar-refractivity contribution in [3.05, 3.63) is 65.7 Å².